The summed E-state index contributed by atoms with van der Waals surface area (Å²) in [5, 5.41) is 7.02. The number of nitrogens with one attached hydrogen (secondary N) is 1. The van der Waals surface area contributed by atoms with Crippen LogP contribution >= 0.6 is 0 Å². The molecule has 1 amide bonds. The van der Waals surface area contributed by atoms with Gasteiger partial charge in [0, 0.05) is 31.9 Å². The van der Waals surface area contributed by atoms with Gasteiger partial charge in [0.15, 0.2) is 5.82 Å². The van der Waals surface area contributed by atoms with Gasteiger partial charge in [0.05, 0.1) is 19.3 Å². The number of carbonyl (C=O) groups excluding carboxylic acids is 1. The van der Waals surface area contributed by atoms with Crippen molar-refractivity contribution >= 4 is 11.7 Å². The van der Waals surface area contributed by atoms with E-state index < -0.39 is 0 Å². The predicted molar refractivity (Wildman–Crippen MR) is 75.4 cm³/mol. The van der Waals surface area contributed by atoms with E-state index in [1.807, 2.05) is 13.2 Å². The number of carbonyl (C=O) groups is 1. The van der Waals surface area contributed by atoms with Crippen molar-refractivity contribution in [2.75, 3.05) is 25.0 Å². The van der Waals surface area contributed by atoms with Gasteiger partial charge < -0.3 is 10.1 Å². The summed E-state index contributed by atoms with van der Waals surface area (Å²) in [6.45, 7) is 2.01. The van der Waals surface area contributed by atoms with E-state index in [0.717, 1.165) is 26.0 Å². The molecule has 2 aliphatic rings. The average Bonchev–Trinajstić information content (AvgIpc) is 2.84. The molecule has 110 valence electrons. The average molecular weight is 278 g/mol. The third kappa shape index (κ3) is 3.02. The lowest BCUT2D eigenvalue weighted by molar-refractivity contribution is -0.124. The lowest BCUT2D eigenvalue weighted by atomic mass is 9.90. The third-order valence-electron chi connectivity index (χ3n) is 4.17. The molecule has 0 bridgehead atoms. The number of nitrogens with zero attached hydrogens (tertiary/aromatic N) is 3. The maximum absolute atomic E-state index is 12.1. The number of fused-ring (bicyclic) bond motifs is 1. The Bertz CT molecular complexity index is 471. The molecule has 20 heavy (non-hydrogen) atoms. The molecule has 2 heterocycles. The summed E-state index contributed by atoms with van der Waals surface area (Å²) >= 11 is 0. The predicted octanol–water partition coefficient (Wildman–Crippen LogP) is 1.00. The Morgan fingerprint density at radius 1 is 1.50 bits per heavy atom. The Morgan fingerprint density at radius 3 is 3.15 bits per heavy atom. The minimum absolute atomic E-state index is 0.00919. The molecule has 1 aromatic heterocycles. The number of aromatic nitrogens is 2. The quantitative estimate of drug-likeness (QED) is 0.896. The molecule has 1 saturated heterocycles. The largest absolute Gasteiger partial charge is 0.375 e. The Morgan fingerprint density at radius 2 is 2.35 bits per heavy atom. The van der Waals surface area contributed by atoms with E-state index in [1.165, 1.54) is 12.8 Å². The molecule has 1 saturated carbocycles. The Labute approximate surface area is 119 Å². The molecule has 2 atom stereocenters. The van der Waals surface area contributed by atoms with E-state index in [4.69, 9.17) is 4.74 Å². The van der Waals surface area contributed by atoms with Crippen molar-refractivity contribution in [3.8, 4) is 0 Å². The second-order valence-corrected chi connectivity index (χ2v) is 5.65. The summed E-state index contributed by atoms with van der Waals surface area (Å²) in [6.07, 6.45) is 6.89. The Kier molecular flexibility index (Phi) is 4.03. The van der Waals surface area contributed by atoms with Crippen LogP contribution in [0.15, 0.2) is 12.3 Å². The molecule has 2 fully saturated rings. The van der Waals surface area contributed by atoms with Crippen LogP contribution in [0.25, 0.3) is 0 Å². The lowest BCUT2D eigenvalue weighted by Crippen LogP contribution is -2.54. The molecule has 1 aliphatic carbocycles. The van der Waals surface area contributed by atoms with E-state index in [9.17, 15) is 4.79 Å². The van der Waals surface area contributed by atoms with E-state index in [2.05, 4.69) is 15.3 Å². The van der Waals surface area contributed by atoms with Crippen LogP contribution in [0.3, 0.4) is 0 Å². The number of morpholine rings is 1. The first-order valence-electron chi connectivity index (χ1n) is 7.37. The Balaban J connectivity index is 1.57. The lowest BCUT2D eigenvalue weighted by Gasteiger charge is -2.43. The van der Waals surface area contributed by atoms with Crippen LogP contribution in [0.5, 0.6) is 0 Å². The van der Waals surface area contributed by atoms with Gasteiger partial charge in [0.25, 0.3) is 0 Å². The number of rotatable bonds is 3. The summed E-state index contributed by atoms with van der Waals surface area (Å²) in [4.78, 5) is 14.4. The van der Waals surface area contributed by atoms with Crippen LogP contribution in [-0.4, -0.2) is 52.4 Å². The highest BCUT2D eigenvalue weighted by molar-refractivity contribution is 5.91. The second-order valence-electron chi connectivity index (χ2n) is 5.65. The molecule has 0 unspecified atom stereocenters. The van der Waals surface area contributed by atoms with Crippen LogP contribution in [0.1, 0.15) is 25.7 Å². The molecule has 6 heteroatoms. The molecule has 1 aromatic rings. The monoisotopic (exact) mass is 278 g/mol. The zero-order valence-electron chi connectivity index (χ0n) is 11.9. The minimum Gasteiger partial charge on any atom is -0.375 e. The highest BCUT2D eigenvalue weighted by Crippen LogP contribution is 2.28. The highest BCUT2D eigenvalue weighted by atomic mass is 16.5. The van der Waals surface area contributed by atoms with Crippen molar-refractivity contribution in [1.82, 2.24) is 14.7 Å². The standard InChI is InChI=1S/C14H22N4O2/c1-17-7-6-13(16-17)15-14(19)10-18-8-9-20-12-5-3-2-4-11(12)18/h6-7,11-12H,2-5,8-10H2,1H3,(H,15,16,19)/t11-,12-/m0/s1. The summed E-state index contributed by atoms with van der Waals surface area (Å²) < 4.78 is 7.51. The summed E-state index contributed by atoms with van der Waals surface area (Å²) in [7, 11) is 1.84. The number of amides is 1. The molecular weight excluding hydrogens is 256 g/mol. The second kappa shape index (κ2) is 5.93. The molecule has 0 spiro atoms. The number of hydrogen-bond donors (Lipinski definition) is 1. The van der Waals surface area contributed by atoms with Crippen LogP contribution in [0.4, 0.5) is 5.82 Å². The van der Waals surface area contributed by atoms with E-state index >= 15 is 0 Å². The van der Waals surface area contributed by atoms with Crippen LogP contribution in [0, 0.1) is 0 Å². The molecule has 1 aliphatic heterocycles. The maximum atomic E-state index is 12.1. The maximum Gasteiger partial charge on any atom is 0.239 e. The first-order valence-corrected chi connectivity index (χ1v) is 7.37. The highest BCUT2D eigenvalue weighted by Gasteiger charge is 2.34. The first kappa shape index (κ1) is 13.6. The SMILES string of the molecule is Cn1ccc(NC(=O)CN2CCO[C@H]3CCCC[C@@H]32)n1. The summed E-state index contributed by atoms with van der Waals surface area (Å²) in [6, 6.07) is 2.22. The van der Waals surface area contributed by atoms with Crippen molar-refractivity contribution < 1.29 is 9.53 Å². The molecule has 6 nitrogen and oxygen atoms in total. The number of ether oxygens (including phenoxy) is 1. The van der Waals surface area contributed by atoms with Gasteiger partial charge >= 0.3 is 0 Å². The number of hydrogen-bond acceptors (Lipinski definition) is 4. The fourth-order valence-electron chi connectivity index (χ4n) is 3.22. The zero-order valence-corrected chi connectivity index (χ0v) is 11.9. The van der Waals surface area contributed by atoms with Gasteiger partial charge in [-0.25, -0.2) is 0 Å². The van der Waals surface area contributed by atoms with E-state index in [-0.39, 0.29) is 5.91 Å². The van der Waals surface area contributed by atoms with E-state index in [1.54, 1.807) is 10.7 Å². The Hall–Kier alpha value is -1.40. The minimum atomic E-state index is 0.00919. The van der Waals surface area contributed by atoms with Gasteiger partial charge in [0.2, 0.25) is 5.91 Å². The van der Waals surface area contributed by atoms with Crippen LogP contribution in [0.2, 0.25) is 0 Å². The van der Waals surface area contributed by atoms with Gasteiger partial charge in [-0.2, -0.15) is 5.10 Å². The fourth-order valence-corrected chi connectivity index (χ4v) is 3.22. The van der Waals surface area contributed by atoms with Gasteiger partial charge in [-0.1, -0.05) is 12.8 Å². The molecule has 0 radical (unpaired) electrons. The smallest absolute Gasteiger partial charge is 0.239 e. The topological polar surface area (TPSA) is 59.4 Å². The van der Waals surface area contributed by atoms with Crippen LogP contribution < -0.4 is 5.32 Å². The van der Waals surface area contributed by atoms with Crippen molar-refractivity contribution in [3.05, 3.63) is 12.3 Å². The zero-order chi connectivity index (χ0) is 13.9. The molecule has 1 N–H and O–H groups in total. The number of anilines is 1. The van der Waals surface area contributed by atoms with Gasteiger partial charge in [-0.15, -0.1) is 0 Å². The molecular formula is C14H22N4O2. The van der Waals surface area contributed by atoms with E-state index in [0.29, 0.717) is 24.5 Å². The number of aryl methyl sites for hydroxylation is 1. The van der Waals surface area contributed by atoms with Gasteiger partial charge in [-0.3, -0.25) is 14.4 Å². The van der Waals surface area contributed by atoms with Crippen LogP contribution in [-0.2, 0) is 16.6 Å². The normalized spacial score (nSPS) is 27.1. The first-order chi connectivity index (χ1) is 9.72. The van der Waals surface area contributed by atoms with Crippen molar-refractivity contribution in [2.24, 2.45) is 7.05 Å². The van der Waals surface area contributed by atoms with Crippen molar-refractivity contribution in [2.45, 2.75) is 37.8 Å². The summed E-state index contributed by atoms with van der Waals surface area (Å²) in [5.41, 5.74) is 0. The fraction of sp³-hybridized carbons (Fsp3) is 0.714. The van der Waals surface area contributed by atoms with Crippen molar-refractivity contribution in [3.63, 3.8) is 0 Å². The summed E-state index contributed by atoms with van der Waals surface area (Å²) in [5.74, 6) is 0.626. The third-order valence-corrected chi connectivity index (χ3v) is 4.17. The van der Waals surface area contributed by atoms with Crippen molar-refractivity contribution in [1.29, 1.82) is 0 Å². The molecule has 3 rings (SSSR count). The van der Waals surface area contributed by atoms with Gasteiger partial charge in [-0.05, 0) is 12.8 Å². The molecule has 0 aromatic carbocycles. The van der Waals surface area contributed by atoms with Gasteiger partial charge in [0.1, 0.15) is 0 Å².